The number of carboxylic acid groups (broad SMARTS) is 1. The van der Waals surface area contributed by atoms with Gasteiger partial charge in [0, 0.05) is 18.8 Å². The van der Waals surface area contributed by atoms with E-state index in [4.69, 9.17) is 19.0 Å². The van der Waals surface area contributed by atoms with Crippen molar-refractivity contribution in [2.45, 2.75) is 84.2 Å². The molecule has 0 rings (SSSR count). The molecule has 152 valence electrons. The van der Waals surface area contributed by atoms with Crippen LogP contribution in [0.1, 0.15) is 53.9 Å². The highest BCUT2D eigenvalue weighted by molar-refractivity contribution is 6.74. The third-order valence-corrected chi connectivity index (χ3v) is 9.44. The third kappa shape index (κ3) is 9.66. The zero-order chi connectivity index (χ0) is 20.4. The Morgan fingerprint density at radius 1 is 1.23 bits per heavy atom. The molecule has 1 N–H and O–H groups in total. The van der Waals surface area contributed by atoms with Crippen molar-refractivity contribution in [1.29, 1.82) is 0 Å². The molecule has 0 spiro atoms. The van der Waals surface area contributed by atoms with E-state index in [1.165, 1.54) is 0 Å². The first kappa shape index (κ1) is 25.0. The molecular weight excluding hydrogens is 348 g/mol. The van der Waals surface area contributed by atoms with Gasteiger partial charge in [-0.1, -0.05) is 45.9 Å². The molecule has 0 saturated heterocycles. The molecule has 0 amide bonds. The maximum atomic E-state index is 11.0. The Morgan fingerprint density at radius 3 is 2.31 bits per heavy atom. The SMILES string of the molecule is CCC(=CC=C[C@@H](CC[C@@H](C)O[Si](C)(C)C(C)(C)C)OCOC)C(=O)O. The Labute approximate surface area is 160 Å². The number of ether oxygens (including phenoxy) is 2. The molecule has 0 radical (unpaired) electrons. The Morgan fingerprint density at radius 2 is 1.85 bits per heavy atom. The molecule has 5 nitrogen and oxygen atoms in total. The van der Waals surface area contributed by atoms with E-state index in [1.807, 2.05) is 13.0 Å². The molecule has 2 atom stereocenters. The molecule has 0 aliphatic heterocycles. The molecule has 26 heavy (non-hydrogen) atoms. The molecule has 0 aromatic carbocycles. The van der Waals surface area contributed by atoms with Crippen molar-refractivity contribution < 1.29 is 23.8 Å². The first-order valence-corrected chi connectivity index (χ1v) is 12.2. The summed E-state index contributed by atoms with van der Waals surface area (Å²) in [6.45, 7) is 15.4. The number of carboxylic acids is 1. The molecule has 0 saturated carbocycles. The zero-order valence-electron chi connectivity index (χ0n) is 17.8. The number of methoxy groups -OCH3 is 1. The van der Waals surface area contributed by atoms with E-state index in [-0.39, 0.29) is 24.0 Å². The monoisotopic (exact) mass is 386 g/mol. The largest absolute Gasteiger partial charge is 0.478 e. The summed E-state index contributed by atoms with van der Waals surface area (Å²) < 4.78 is 17.1. The quantitative estimate of drug-likeness (QED) is 0.218. The van der Waals surface area contributed by atoms with Gasteiger partial charge in [-0.2, -0.15) is 0 Å². The highest BCUT2D eigenvalue weighted by atomic mass is 28.4. The summed E-state index contributed by atoms with van der Waals surface area (Å²) in [6.07, 6.45) is 7.43. The highest BCUT2D eigenvalue weighted by Crippen LogP contribution is 2.37. The number of carbonyl (C=O) groups is 1. The predicted octanol–water partition coefficient (Wildman–Crippen LogP) is 5.14. The number of rotatable bonds is 12. The van der Waals surface area contributed by atoms with E-state index in [0.717, 1.165) is 12.8 Å². The van der Waals surface area contributed by atoms with E-state index in [9.17, 15) is 4.79 Å². The van der Waals surface area contributed by atoms with Crippen LogP contribution in [-0.4, -0.2) is 45.5 Å². The van der Waals surface area contributed by atoms with Gasteiger partial charge < -0.3 is 19.0 Å². The summed E-state index contributed by atoms with van der Waals surface area (Å²) in [5, 5.41) is 9.25. The lowest BCUT2D eigenvalue weighted by atomic mass is 10.1. The Balaban J connectivity index is 4.79. The van der Waals surface area contributed by atoms with Crippen LogP contribution in [0.4, 0.5) is 0 Å². The van der Waals surface area contributed by atoms with Crippen LogP contribution >= 0.6 is 0 Å². The van der Waals surface area contributed by atoms with Crippen LogP contribution < -0.4 is 0 Å². The van der Waals surface area contributed by atoms with E-state index >= 15 is 0 Å². The average Bonchev–Trinajstić information content (AvgIpc) is 2.51. The van der Waals surface area contributed by atoms with Gasteiger partial charge in [-0.05, 0) is 44.3 Å². The molecule has 6 heteroatoms. The lowest BCUT2D eigenvalue weighted by Crippen LogP contribution is -2.43. The van der Waals surface area contributed by atoms with Crippen LogP contribution in [0.2, 0.25) is 18.1 Å². The van der Waals surface area contributed by atoms with Gasteiger partial charge in [-0.25, -0.2) is 4.79 Å². The lowest BCUT2D eigenvalue weighted by Gasteiger charge is -2.38. The van der Waals surface area contributed by atoms with Gasteiger partial charge in [0.15, 0.2) is 8.32 Å². The van der Waals surface area contributed by atoms with Gasteiger partial charge in [0.1, 0.15) is 6.79 Å². The van der Waals surface area contributed by atoms with Crippen LogP contribution in [0, 0.1) is 0 Å². The second kappa shape index (κ2) is 11.7. The zero-order valence-corrected chi connectivity index (χ0v) is 18.8. The Kier molecular flexibility index (Phi) is 11.3. The first-order valence-electron chi connectivity index (χ1n) is 9.33. The number of aliphatic carboxylic acids is 1. The van der Waals surface area contributed by atoms with E-state index in [1.54, 1.807) is 19.3 Å². The van der Waals surface area contributed by atoms with Crippen LogP contribution in [0.25, 0.3) is 0 Å². The van der Waals surface area contributed by atoms with Crippen LogP contribution in [-0.2, 0) is 18.7 Å². The first-order chi connectivity index (χ1) is 11.9. The highest BCUT2D eigenvalue weighted by Gasteiger charge is 2.38. The minimum Gasteiger partial charge on any atom is -0.478 e. The molecule has 0 fully saturated rings. The fourth-order valence-corrected chi connectivity index (χ4v) is 3.64. The van der Waals surface area contributed by atoms with Gasteiger partial charge in [0.2, 0.25) is 0 Å². The topological polar surface area (TPSA) is 65.0 Å². The average molecular weight is 387 g/mol. The van der Waals surface area contributed by atoms with Crippen molar-refractivity contribution in [3.05, 3.63) is 23.8 Å². The van der Waals surface area contributed by atoms with Crippen molar-refractivity contribution >= 4 is 14.3 Å². The summed E-state index contributed by atoms with van der Waals surface area (Å²) in [5.41, 5.74) is 0.376. The second-order valence-electron chi connectivity index (χ2n) is 8.11. The summed E-state index contributed by atoms with van der Waals surface area (Å²) in [6, 6.07) is 0. The molecule has 0 aromatic rings. The predicted molar refractivity (Wildman–Crippen MR) is 109 cm³/mol. The molecule has 0 aromatic heterocycles. The maximum Gasteiger partial charge on any atom is 0.331 e. The molecule has 0 aliphatic rings. The minimum absolute atomic E-state index is 0.136. The van der Waals surface area contributed by atoms with Gasteiger partial charge in [-0.15, -0.1) is 0 Å². The molecular formula is C20H38O5Si. The van der Waals surface area contributed by atoms with Gasteiger partial charge in [0.05, 0.1) is 6.10 Å². The normalized spacial score (nSPS) is 16.1. The fourth-order valence-electron chi connectivity index (χ4n) is 2.16. The standard InChI is InChI=1S/C20H38O5Si/c1-9-17(19(21)22)11-10-12-18(24-15-23-6)14-13-16(2)25-26(7,8)20(3,4)5/h10-12,16,18H,9,13-15H2,1-8H3,(H,21,22)/t16-,18+/m1/s1. The van der Waals surface area contributed by atoms with E-state index < -0.39 is 14.3 Å². The molecule has 0 bridgehead atoms. The summed E-state index contributed by atoms with van der Waals surface area (Å²) in [4.78, 5) is 11.0. The van der Waals surface area contributed by atoms with Crippen molar-refractivity contribution in [3.63, 3.8) is 0 Å². The van der Waals surface area contributed by atoms with E-state index in [2.05, 4.69) is 40.8 Å². The van der Waals surface area contributed by atoms with Gasteiger partial charge in [0.25, 0.3) is 0 Å². The Hall–Kier alpha value is -0.953. The van der Waals surface area contributed by atoms with Gasteiger partial charge in [-0.3, -0.25) is 0 Å². The van der Waals surface area contributed by atoms with Crippen LogP contribution in [0.5, 0.6) is 0 Å². The second-order valence-corrected chi connectivity index (χ2v) is 12.9. The molecule has 0 aliphatic carbocycles. The van der Waals surface area contributed by atoms with Crippen molar-refractivity contribution in [2.24, 2.45) is 0 Å². The fraction of sp³-hybridized carbons (Fsp3) is 0.750. The molecule has 0 heterocycles. The Bertz CT molecular complexity index is 477. The summed E-state index contributed by atoms with van der Waals surface area (Å²) >= 11 is 0. The van der Waals surface area contributed by atoms with Crippen LogP contribution in [0.15, 0.2) is 23.8 Å². The maximum absolute atomic E-state index is 11.0. The van der Waals surface area contributed by atoms with Gasteiger partial charge >= 0.3 is 5.97 Å². The summed E-state index contributed by atoms with van der Waals surface area (Å²) in [7, 11) is -0.195. The van der Waals surface area contributed by atoms with E-state index in [0.29, 0.717) is 12.0 Å². The minimum atomic E-state index is -1.78. The van der Waals surface area contributed by atoms with Crippen LogP contribution in [0.3, 0.4) is 0 Å². The van der Waals surface area contributed by atoms with Crippen molar-refractivity contribution in [2.75, 3.05) is 13.9 Å². The third-order valence-electron chi connectivity index (χ3n) is 4.84. The van der Waals surface area contributed by atoms with Crippen molar-refractivity contribution in [3.8, 4) is 0 Å². The lowest BCUT2D eigenvalue weighted by molar-refractivity contribution is -0.132. The number of hydrogen-bond acceptors (Lipinski definition) is 4. The number of hydrogen-bond donors (Lipinski definition) is 1. The number of allylic oxidation sites excluding steroid dienone is 2. The molecule has 0 unspecified atom stereocenters. The van der Waals surface area contributed by atoms with Crippen molar-refractivity contribution in [1.82, 2.24) is 0 Å². The summed E-state index contributed by atoms with van der Waals surface area (Å²) in [5.74, 6) is -0.886. The smallest absolute Gasteiger partial charge is 0.331 e.